The van der Waals surface area contributed by atoms with Crippen LogP contribution in [0.5, 0.6) is 0 Å². The predicted molar refractivity (Wildman–Crippen MR) is 40.0 cm³/mol. The number of hydrogen-bond acceptors (Lipinski definition) is 2. The zero-order valence-corrected chi connectivity index (χ0v) is 10.4. The van der Waals surface area contributed by atoms with Crippen molar-refractivity contribution in [1.29, 1.82) is 0 Å². The van der Waals surface area contributed by atoms with Crippen molar-refractivity contribution in [2.45, 2.75) is 0 Å². The van der Waals surface area contributed by atoms with E-state index in [1.165, 1.54) is 0 Å². The molecule has 6 N–H and O–H groups in total. The summed E-state index contributed by atoms with van der Waals surface area (Å²) in [7, 11) is -9.28. The average Bonchev–Trinajstić information content (AvgIpc) is 1.12. The van der Waals surface area contributed by atoms with Gasteiger partial charge in [0.05, 0.1) is 0 Å². The van der Waals surface area contributed by atoms with Crippen LogP contribution in [0.25, 0.3) is 0 Å². The summed E-state index contributed by atoms with van der Waals surface area (Å²) in [4.78, 5) is 43.1. The topological polar surface area (TPSA) is 156 Å². The van der Waals surface area contributed by atoms with E-state index >= 15 is 0 Å². The van der Waals surface area contributed by atoms with Crippen molar-refractivity contribution in [3.05, 3.63) is 0 Å². The van der Waals surface area contributed by atoms with E-state index in [1.54, 1.807) is 0 Å². The molecular formula is H6Mg2O8P2+4. The first-order valence-corrected chi connectivity index (χ1v) is 4.70. The minimum Gasteiger partial charge on any atom is -0.303 e. The molecule has 0 aliphatic heterocycles. The molecule has 0 bridgehead atoms. The van der Waals surface area contributed by atoms with Crippen LogP contribution in [0.2, 0.25) is 0 Å². The monoisotopic (exact) mass is 244 g/mol. The largest absolute Gasteiger partial charge is 2.00 e. The summed E-state index contributed by atoms with van der Waals surface area (Å²) in [6.45, 7) is 0. The molecule has 0 saturated carbocycles. The van der Waals surface area contributed by atoms with Crippen LogP contribution in [-0.4, -0.2) is 75.5 Å². The van der Waals surface area contributed by atoms with Gasteiger partial charge in [0.15, 0.2) is 0 Å². The molecule has 0 aliphatic carbocycles. The molecule has 0 aromatic rings. The molecule has 0 aliphatic rings. The van der Waals surface area contributed by atoms with Crippen molar-refractivity contribution in [2.24, 2.45) is 0 Å². The molecule has 0 unspecified atom stereocenters. The molecule has 0 aromatic heterocycles. The van der Waals surface area contributed by atoms with Crippen LogP contribution in [0, 0.1) is 0 Å². The predicted octanol–water partition coefficient (Wildman–Crippen LogP) is -2.62. The van der Waals surface area contributed by atoms with Crippen molar-refractivity contribution in [2.75, 3.05) is 0 Å². The molecule has 12 heteroatoms. The fourth-order valence-electron chi connectivity index (χ4n) is 0. The van der Waals surface area contributed by atoms with E-state index in [1.807, 2.05) is 0 Å². The Labute approximate surface area is 99.8 Å². The van der Waals surface area contributed by atoms with Gasteiger partial charge in [0, 0.05) is 0 Å². The first kappa shape index (κ1) is 23.5. The minimum absolute atomic E-state index is 0. The molecule has 12 heavy (non-hydrogen) atoms. The Morgan fingerprint density at radius 1 is 0.583 bits per heavy atom. The van der Waals surface area contributed by atoms with E-state index in [-0.39, 0.29) is 46.1 Å². The van der Waals surface area contributed by atoms with Gasteiger partial charge in [0.1, 0.15) is 0 Å². The van der Waals surface area contributed by atoms with Gasteiger partial charge in [-0.3, -0.25) is 0 Å². The van der Waals surface area contributed by atoms with Gasteiger partial charge in [-0.1, -0.05) is 0 Å². The molecule has 0 fully saturated rings. The Morgan fingerprint density at radius 3 is 0.583 bits per heavy atom. The van der Waals surface area contributed by atoms with Gasteiger partial charge >= 0.3 is 61.8 Å². The third-order valence-corrected chi connectivity index (χ3v) is 0. The van der Waals surface area contributed by atoms with E-state index in [0.29, 0.717) is 0 Å². The summed E-state index contributed by atoms with van der Waals surface area (Å²) in [6, 6.07) is 0. The Bertz CT molecular complexity index is 127. The molecule has 0 heterocycles. The van der Waals surface area contributed by atoms with Crippen molar-refractivity contribution in [1.82, 2.24) is 0 Å². The van der Waals surface area contributed by atoms with Crippen LogP contribution in [0.4, 0.5) is 0 Å². The number of hydrogen-bond donors (Lipinski definition) is 6. The maximum atomic E-state index is 8.88. The second kappa shape index (κ2) is 9.31. The molecule has 8 nitrogen and oxygen atoms in total. The second-order valence-corrected chi connectivity index (χ2v) is 3.08. The van der Waals surface area contributed by atoms with Gasteiger partial charge in [-0.25, -0.2) is 9.13 Å². The third kappa shape index (κ3) is 442. The molecule has 0 atom stereocenters. The Balaban J connectivity index is -0.0000000457. The zero-order chi connectivity index (χ0) is 9.00. The summed E-state index contributed by atoms with van der Waals surface area (Å²) in [5, 5.41) is 0. The quantitative estimate of drug-likeness (QED) is 0.200. The van der Waals surface area contributed by atoms with E-state index < -0.39 is 15.6 Å². The molecule has 0 aromatic carbocycles. The Morgan fingerprint density at radius 2 is 0.583 bits per heavy atom. The van der Waals surface area contributed by atoms with Crippen LogP contribution >= 0.6 is 15.6 Å². The standard InChI is InChI=1S/2Mg.2H3O4P/c;;2*1-5(2,3)4/h;;2*(H3,1,2,3,4)/q2*+2;;. The van der Waals surface area contributed by atoms with E-state index in [4.69, 9.17) is 38.5 Å². The molecule has 0 amide bonds. The van der Waals surface area contributed by atoms with Crippen molar-refractivity contribution < 1.29 is 38.5 Å². The zero-order valence-electron chi connectivity index (χ0n) is 5.81. The van der Waals surface area contributed by atoms with Crippen molar-refractivity contribution in [3.8, 4) is 0 Å². The summed E-state index contributed by atoms with van der Waals surface area (Å²) >= 11 is 0. The minimum atomic E-state index is -4.64. The summed E-state index contributed by atoms with van der Waals surface area (Å²) < 4.78 is 17.8. The SMILES string of the molecule is O=P(O)(O)O.O=P(O)(O)O.[Mg+2].[Mg+2]. The van der Waals surface area contributed by atoms with Crippen LogP contribution in [-0.2, 0) is 9.13 Å². The first-order valence-electron chi connectivity index (χ1n) is 1.57. The Kier molecular flexibility index (Phi) is 18.2. The van der Waals surface area contributed by atoms with Crippen LogP contribution in [0.3, 0.4) is 0 Å². The third-order valence-electron chi connectivity index (χ3n) is 0. The van der Waals surface area contributed by atoms with E-state index in [9.17, 15) is 0 Å². The second-order valence-electron chi connectivity index (χ2n) is 1.03. The van der Waals surface area contributed by atoms with Gasteiger partial charge < -0.3 is 29.4 Å². The van der Waals surface area contributed by atoms with Crippen LogP contribution < -0.4 is 0 Å². The van der Waals surface area contributed by atoms with Gasteiger partial charge in [-0.15, -0.1) is 0 Å². The molecule has 64 valence electrons. The molecule has 0 saturated heterocycles. The number of phosphoric acid groups is 2. The van der Waals surface area contributed by atoms with Gasteiger partial charge in [0.2, 0.25) is 0 Å². The fraction of sp³-hybridized carbons (Fsp3) is 0. The summed E-state index contributed by atoms with van der Waals surface area (Å²) in [5.41, 5.74) is 0. The molecular weight excluding hydrogens is 239 g/mol. The maximum Gasteiger partial charge on any atom is 2.00 e. The fourth-order valence-corrected chi connectivity index (χ4v) is 0. The molecule has 0 rings (SSSR count). The Hall–Kier alpha value is 1.75. The summed E-state index contributed by atoms with van der Waals surface area (Å²) in [5.74, 6) is 0. The molecule has 0 spiro atoms. The average molecular weight is 245 g/mol. The maximum absolute atomic E-state index is 8.88. The summed E-state index contributed by atoms with van der Waals surface area (Å²) in [6.07, 6.45) is 0. The van der Waals surface area contributed by atoms with E-state index in [0.717, 1.165) is 0 Å². The van der Waals surface area contributed by atoms with Crippen LogP contribution in [0.15, 0.2) is 0 Å². The van der Waals surface area contributed by atoms with E-state index in [2.05, 4.69) is 0 Å². The first-order chi connectivity index (χ1) is 4.00. The number of rotatable bonds is 0. The van der Waals surface area contributed by atoms with Crippen molar-refractivity contribution >= 4 is 61.8 Å². The normalized spacial score (nSPS) is 9.83. The molecule has 0 radical (unpaired) electrons. The van der Waals surface area contributed by atoms with Gasteiger partial charge in [0.25, 0.3) is 0 Å². The van der Waals surface area contributed by atoms with Crippen molar-refractivity contribution in [3.63, 3.8) is 0 Å². The van der Waals surface area contributed by atoms with Gasteiger partial charge in [-0.05, 0) is 0 Å². The van der Waals surface area contributed by atoms with Gasteiger partial charge in [-0.2, -0.15) is 0 Å². The smallest absolute Gasteiger partial charge is 0.303 e. The van der Waals surface area contributed by atoms with Crippen LogP contribution in [0.1, 0.15) is 0 Å².